The average Bonchev–Trinajstić information content (AvgIpc) is 2.32. The highest BCUT2D eigenvalue weighted by Gasteiger charge is 2.32. The lowest BCUT2D eigenvalue weighted by Crippen LogP contribution is -2.29. The Kier molecular flexibility index (Phi) is 4.10. The smallest absolute Gasteiger partial charge is 0.0468 e. The average molecular weight is 229 g/mol. The van der Waals surface area contributed by atoms with Crippen molar-refractivity contribution in [1.82, 2.24) is 0 Å². The van der Waals surface area contributed by atoms with Gasteiger partial charge in [0.25, 0.3) is 0 Å². The van der Waals surface area contributed by atoms with E-state index in [2.05, 4.69) is 12.2 Å². The van der Waals surface area contributed by atoms with Gasteiger partial charge in [-0.1, -0.05) is 12.2 Å². The van der Waals surface area contributed by atoms with Crippen LogP contribution in [0, 0.1) is 11.3 Å². The maximum Gasteiger partial charge on any atom is 0.0468 e. The summed E-state index contributed by atoms with van der Waals surface area (Å²) in [6.45, 7) is 1.91. The molecule has 1 unspecified atom stereocenters. The molecule has 0 bridgehead atoms. The van der Waals surface area contributed by atoms with Crippen molar-refractivity contribution in [3.8, 4) is 0 Å². The lowest BCUT2D eigenvalue weighted by atomic mass is 9.71. The molecule has 15 heavy (non-hydrogen) atoms. The molecular weight excluding hydrogens is 208 g/mol. The molecule has 0 radical (unpaired) electrons. The van der Waals surface area contributed by atoms with Gasteiger partial charge in [-0.25, -0.2) is 0 Å². The van der Waals surface area contributed by atoms with Crippen molar-refractivity contribution in [3.05, 3.63) is 12.2 Å². The molecule has 1 saturated heterocycles. The summed E-state index contributed by atoms with van der Waals surface area (Å²) in [6.07, 6.45) is 12.1. The molecule has 1 aliphatic heterocycles. The predicted molar refractivity (Wildman–Crippen MR) is 64.3 cm³/mol. The van der Waals surface area contributed by atoms with Crippen LogP contribution in [0.5, 0.6) is 0 Å². The number of halogens is 1. The fraction of sp³-hybridized carbons (Fsp3) is 0.846. The van der Waals surface area contributed by atoms with Crippen molar-refractivity contribution >= 4 is 11.6 Å². The maximum absolute atomic E-state index is 6.19. The van der Waals surface area contributed by atoms with Crippen LogP contribution in [0.4, 0.5) is 0 Å². The van der Waals surface area contributed by atoms with Gasteiger partial charge in [-0.15, -0.1) is 11.6 Å². The number of hydrogen-bond acceptors (Lipinski definition) is 1. The fourth-order valence-corrected chi connectivity index (χ4v) is 3.22. The van der Waals surface area contributed by atoms with Gasteiger partial charge < -0.3 is 4.74 Å². The second-order valence-electron chi connectivity index (χ2n) is 5.11. The minimum Gasteiger partial charge on any atom is -0.381 e. The molecule has 1 nitrogen and oxygen atoms in total. The number of hydrogen-bond donors (Lipinski definition) is 0. The van der Waals surface area contributed by atoms with E-state index in [9.17, 15) is 0 Å². The summed E-state index contributed by atoms with van der Waals surface area (Å²) in [5.74, 6) is 1.68. The van der Waals surface area contributed by atoms with Crippen LogP contribution in [0.3, 0.4) is 0 Å². The summed E-state index contributed by atoms with van der Waals surface area (Å²) in [5, 5.41) is 0. The van der Waals surface area contributed by atoms with Crippen LogP contribution in [0.25, 0.3) is 0 Å². The molecule has 0 saturated carbocycles. The van der Waals surface area contributed by atoms with E-state index in [1.165, 1.54) is 38.5 Å². The first kappa shape index (κ1) is 11.5. The van der Waals surface area contributed by atoms with Gasteiger partial charge >= 0.3 is 0 Å². The van der Waals surface area contributed by atoms with Crippen LogP contribution in [-0.4, -0.2) is 19.1 Å². The largest absolute Gasteiger partial charge is 0.381 e. The Labute approximate surface area is 97.8 Å². The van der Waals surface area contributed by atoms with Crippen molar-refractivity contribution in [1.29, 1.82) is 0 Å². The van der Waals surface area contributed by atoms with Gasteiger partial charge in [-0.3, -0.25) is 0 Å². The summed E-state index contributed by atoms with van der Waals surface area (Å²) in [5.41, 5.74) is 0.401. The van der Waals surface area contributed by atoms with Crippen LogP contribution in [0.1, 0.15) is 38.5 Å². The van der Waals surface area contributed by atoms with Crippen LogP contribution < -0.4 is 0 Å². The quantitative estimate of drug-likeness (QED) is 0.528. The minimum atomic E-state index is 0.401. The second-order valence-corrected chi connectivity index (χ2v) is 5.37. The summed E-state index contributed by atoms with van der Waals surface area (Å²) in [7, 11) is 0. The van der Waals surface area contributed by atoms with E-state index in [4.69, 9.17) is 16.3 Å². The molecule has 0 aromatic carbocycles. The lowest BCUT2D eigenvalue weighted by molar-refractivity contribution is 0.0480. The maximum atomic E-state index is 6.19. The van der Waals surface area contributed by atoms with Crippen molar-refractivity contribution < 1.29 is 4.74 Å². The fourth-order valence-electron chi connectivity index (χ4n) is 2.87. The van der Waals surface area contributed by atoms with Gasteiger partial charge in [0.2, 0.25) is 0 Å². The molecule has 0 N–H and O–H groups in total. The number of alkyl halides is 1. The summed E-state index contributed by atoms with van der Waals surface area (Å²) in [6, 6.07) is 0. The zero-order valence-corrected chi connectivity index (χ0v) is 10.1. The Balaban J connectivity index is 1.91. The molecule has 2 rings (SSSR count). The molecule has 0 amide bonds. The topological polar surface area (TPSA) is 9.23 Å². The first-order valence-electron chi connectivity index (χ1n) is 6.13. The van der Waals surface area contributed by atoms with Crippen LogP contribution >= 0.6 is 11.6 Å². The molecule has 2 aliphatic rings. The van der Waals surface area contributed by atoms with E-state index in [0.29, 0.717) is 5.41 Å². The number of allylic oxidation sites excluding steroid dienone is 2. The summed E-state index contributed by atoms with van der Waals surface area (Å²) < 4.78 is 5.41. The van der Waals surface area contributed by atoms with E-state index in [1.54, 1.807) is 0 Å². The Bertz CT molecular complexity index is 221. The molecule has 1 fully saturated rings. The third kappa shape index (κ3) is 2.98. The molecule has 0 spiro atoms. The van der Waals surface area contributed by atoms with E-state index in [-0.39, 0.29) is 0 Å². The Morgan fingerprint density at radius 2 is 2.07 bits per heavy atom. The van der Waals surface area contributed by atoms with Crippen molar-refractivity contribution in [2.24, 2.45) is 11.3 Å². The molecule has 86 valence electrons. The van der Waals surface area contributed by atoms with E-state index < -0.39 is 0 Å². The zero-order chi connectivity index (χ0) is 10.6. The van der Waals surface area contributed by atoms with Gasteiger partial charge in [-0.05, 0) is 49.9 Å². The third-order valence-electron chi connectivity index (χ3n) is 3.90. The molecule has 0 aromatic rings. The normalized spacial score (nSPS) is 33.1. The lowest BCUT2D eigenvalue weighted by Gasteiger charge is -2.37. The molecule has 1 aliphatic carbocycles. The van der Waals surface area contributed by atoms with Gasteiger partial charge in [0, 0.05) is 19.1 Å². The highest BCUT2D eigenvalue weighted by Crippen LogP contribution is 2.41. The third-order valence-corrected chi connectivity index (χ3v) is 4.47. The van der Waals surface area contributed by atoms with E-state index >= 15 is 0 Å². The minimum absolute atomic E-state index is 0.401. The van der Waals surface area contributed by atoms with Crippen molar-refractivity contribution in [2.45, 2.75) is 38.5 Å². The number of rotatable bonds is 3. The van der Waals surface area contributed by atoms with E-state index in [1.807, 2.05) is 0 Å². The highest BCUT2D eigenvalue weighted by molar-refractivity contribution is 6.18. The Morgan fingerprint density at radius 3 is 2.67 bits per heavy atom. The molecule has 1 atom stereocenters. The van der Waals surface area contributed by atoms with Gasteiger partial charge in [0.05, 0.1) is 0 Å². The van der Waals surface area contributed by atoms with Gasteiger partial charge in [0.15, 0.2) is 0 Å². The standard InChI is InChI=1S/C13H21ClO/c14-11-13(6-2-1-3-7-13)10-12-4-8-15-9-5-12/h1-2,12H,3-11H2. The van der Waals surface area contributed by atoms with Gasteiger partial charge in [0.1, 0.15) is 0 Å². The first-order chi connectivity index (χ1) is 7.35. The predicted octanol–water partition coefficient (Wildman–Crippen LogP) is 3.77. The van der Waals surface area contributed by atoms with Crippen molar-refractivity contribution in [2.75, 3.05) is 19.1 Å². The van der Waals surface area contributed by atoms with Gasteiger partial charge in [-0.2, -0.15) is 0 Å². The Morgan fingerprint density at radius 1 is 1.27 bits per heavy atom. The zero-order valence-electron chi connectivity index (χ0n) is 9.38. The first-order valence-corrected chi connectivity index (χ1v) is 6.67. The molecule has 2 heteroatoms. The monoisotopic (exact) mass is 228 g/mol. The highest BCUT2D eigenvalue weighted by atomic mass is 35.5. The second kappa shape index (κ2) is 5.36. The molecule has 0 aromatic heterocycles. The molecular formula is C13H21ClO. The summed E-state index contributed by atoms with van der Waals surface area (Å²) >= 11 is 6.19. The molecule has 1 heterocycles. The van der Waals surface area contributed by atoms with Crippen LogP contribution in [0.15, 0.2) is 12.2 Å². The van der Waals surface area contributed by atoms with Crippen molar-refractivity contribution in [3.63, 3.8) is 0 Å². The SMILES string of the molecule is ClCC1(CC2CCOCC2)CC=CCC1. The van der Waals surface area contributed by atoms with Crippen LogP contribution in [-0.2, 0) is 4.74 Å². The summed E-state index contributed by atoms with van der Waals surface area (Å²) in [4.78, 5) is 0. The van der Waals surface area contributed by atoms with E-state index in [0.717, 1.165) is 25.0 Å². The Hall–Kier alpha value is -0.0100. The number of ether oxygens (including phenoxy) is 1. The van der Waals surface area contributed by atoms with Crippen LogP contribution in [0.2, 0.25) is 0 Å².